The lowest BCUT2D eigenvalue weighted by Gasteiger charge is -2.13. The van der Waals surface area contributed by atoms with Gasteiger partial charge in [-0.15, -0.1) is 0 Å². The van der Waals surface area contributed by atoms with Crippen molar-refractivity contribution in [2.45, 2.75) is 19.4 Å². The lowest BCUT2D eigenvalue weighted by Crippen LogP contribution is -2.12. The van der Waals surface area contributed by atoms with Crippen molar-refractivity contribution in [2.24, 2.45) is 11.8 Å². The highest BCUT2D eigenvalue weighted by molar-refractivity contribution is 5.76. The van der Waals surface area contributed by atoms with Crippen LogP contribution in [0.25, 0.3) is 0 Å². The number of carbonyl (C=O) groups excluding carboxylic acids is 1. The normalized spacial score (nSPS) is 20.2. The minimum Gasteiger partial charge on any atom is -0.457 e. The van der Waals surface area contributed by atoms with Crippen LogP contribution in [0.1, 0.15) is 25.0 Å². The van der Waals surface area contributed by atoms with Crippen LogP contribution in [0.3, 0.4) is 0 Å². The number of hydrogen-bond acceptors (Lipinski definition) is 4. The summed E-state index contributed by atoms with van der Waals surface area (Å²) in [5.41, 5.74) is 0.614. The largest absolute Gasteiger partial charge is 0.457 e. The Morgan fingerprint density at radius 3 is 2.52 bits per heavy atom. The Morgan fingerprint density at radius 1 is 1.17 bits per heavy atom. The Bertz CT molecular complexity index is 736. The predicted octanol–water partition coefficient (Wildman–Crippen LogP) is 4.24. The Kier molecular flexibility index (Phi) is 4.29. The van der Waals surface area contributed by atoms with Crippen molar-refractivity contribution in [3.8, 4) is 17.6 Å². The van der Waals surface area contributed by atoms with Crippen molar-refractivity contribution in [2.75, 3.05) is 0 Å². The molecule has 0 bridgehead atoms. The average Bonchev–Trinajstić information content (AvgIpc) is 3.30. The molecule has 0 aromatic heterocycles. The minimum atomic E-state index is -0.908. The summed E-state index contributed by atoms with van der Waals surface area (Å²) in [6, 6.07) is 18.5. The van der Waals surface area contributed by atoms with Gasteiger partial charge in [-0.25, -0.2) is 0 Å². The summed E-state index contributed by atoms with van der Waals surface area (Å²) in [5, 5.41) is 9.31. The fourth-order valence-electron chi connectivity index (χ4n) is 2.39. The van der Waals surface area contributed by atoms with Gasteiger partial charge in [0.25, 0.3) is 0 Å². The third-order valence-corrected chi connectivity index (χ3v) is 3.90. The third kappa shape index (κ3) is 3.70. The Morgan fingerprint density at radius 2 is 1.87 bits per heavy atom. The van der Waals surface area contributed by atoms with Crippen molar-refractivity contribution >= 4 is 5.97 Å². The summed E-state index contributed by atoms with van der Waals surface area (Å²) >= 11 is 0. The van der Waals surface area contributed by atoms with Gasteiger partial charge in [0.2, 0.25) is 6.10 Å². The maximum absolute atomic E-state index is 11.9. The van der Waals surface area contributed by atoms with E-state index in [4.69, 9.17) is 9.47 Å². The molecule has 0 amide bonds. The molecule has 1 aliphatic rings. The van der Waals surface area contributed by atoms with Crippen molar-refractivity contribution in [1.82, 2.24) is 0 Å². The molecule has 4 heteroatoms. The van der Waals surface area contributed by atoms with Crippen LogP contribution in [0, 0.1) is 23.2 Å². The summed E-state index contributed by atoms with van der Waals surface area (Å²) in [5.74, 6) is 1.31. The summed E-state index contributed by atoms with van der Waals surface area (Å²) in [7, 11) is 0. The summed E-state index contributed by atoms with van der Waals surface area (Å²) in [6.07, 6.45) is -0.0663. The first-order valence-electron chi connectivity index (χ1n) is 7.60. The van der Waals surface area contributed by atoms with Gasteiger partial charge in [-0.2, -0.15) is 5.26 Å². The van der Waals surface area contributed by atoms with Gasteiger partial charge in [0.15, 0.2) is 0 Å². The molecule has 1 saturated carbocycles. The lowest BCUT2D eigenvalue weighted by atomic mass is 10.1. The highest BCUT2D eigenvalue weighted by Crippen LogP contribution is 2.39. The van der Waals surface area contributed by atoms with E-state index >= 15 is 0 Å². The van der Waals surface area contributed by atoms with Gasteiger partial charge in [0.05, 0.1) is 5.92 Å². The molecule has 23 heavy (non-hydrogen) atoms. The van der Waals surface area contributed by atoms with E-state index in [-0.39, 0.29) is 11.9 Å². The number of nitrogens with zero attached hydrogens (tertiary/aromatic N) is 1. The molecule has 1 fully saturated rings. The zero-order valence-corrected chi connectivity index (χ0v) is 12.8. The fourth-order valence-corrected chi connectivity index (χ4v) is 2.39. The summed E-state index contributed by atoms with van der Waals surface area (Å²) in [6.45, 7) is 2.00. The van der Waals surface area contributed by atoms with Gasteiger partial charge in [-0.1, -0.05) is 37.3 Å². The molecule has 1 aliphatic carbocycles. The molecular formula is C19H17NO3. The van der Waals surface area contributed by atoms with Gasteiger partial charge in [-0.05, 0) is 36.6 Å². The smallest absolute Gasteiger partial charge is 0.310 e. The standard InChI is InChI=1S/C19H17NO3/c1-13-10-17(13)19(21)23-18(12-20)14-6-5-9-16(11-14)22-15-7-3-2-4-8-15/h2-9,11,13,17-18H,10H2,1H3/t13?,17-,18-/m1/s1. The second-order valence-electron chi connectivity index (χ2n) is 5.75. The van der Waals surface area contributed by atoms with Crippen molar-refractivity contribution in [3.63, 3.8) is 0 Å². The van der Waals surface area contributed by atoms with Crippen LogP contribution < -0.4 is 4.74 Å². The number of nitriles is 1. The van der Waals surface area contributed by atoms with Gasteiger partial charge < -0.3 is 9.47 Å². The zero-order chi connectivity index (χ0) is 16.2. The molecule has 2 aromatic rings. The number of ether oxygens (including phenoxy) is 2. The Hall–Kier alpha value is -2.80. The molecule has 0 radical (unpaired) electrons. The number of esters is 1. The second-order valence-corrected chi connectivity index (χ2v) is 5.75. The molecule has 0 spiro atoms. The summed E-state index contributed by atoms with van der Waals surface area (Å²) in [4.78, 5) is 11.9. The van der Waals surface area contributed by atoms with Crippen LogP contribution in [-0.4, -0.2) is 5.97 Å². The van der Waals surface area contributed by atoms with E-state index in [0.717, 1.165) is 6.42 Å². The van der Waals surface area contributed by atoms with E-state index < -0.39 is 6.10 Å². The van der Waals surface area contributed by atoms with Crippen LogP contribution >= 0.6 is 0 Å². The first-order chi connectivity index (χ1) is 11.2. The number of hydrogen-bond donors (Lipinski definition) is 0. The molecular weight excluding hydrogens is 290 g/mol. The molecule has 3 rings (SSSR count). The van der Waals surface area contributed by atoms with E-state index in [1.807, 2.05) is 43.3 Å². The average molecular weight is 307 g/mol. The minimum absolute atomic E-state index is 0.0606. The van der Waals surface area contributed by atoms with Crippen molar-refractivity contribution in [1.29, 1.82) is 5.26 Å². The van der Waals surface area contributed by atoms with Crippen LogP contribution in [-0.2, 0) is 9.53 Å². The number of rotatable bonds is 5. The highest BCUT2D eigenvalue weighted by atomic mass is 16.5. The van der Waals surface area contributed by atoms with Crippen LogP contribution in [0.2, 0.25) is 0 Å². The summed E-state index contributed by atoms with van der Waals surface area (Å²) < 4.78 is 11.1. The van der Waals surface area contributed by atoms with Gasteiger partial charge in [-0.3, -0.25) is 4.79 Å². The van der Waals surface area contributed by atoms with Crippen LogP contribution in [0.5, 0.6) is 11.5 Å². The van der Waals surface area contributed by atoms with E-state index in [1.54, 1.807) is 24.3 Å². The van der Waals surface area contributed by atoms with Gasteiger partial charge in [0, 0.05) is 5.56 Å². The first-order valence-corrected chi connectivity index (χ1v) is 7.60. The molecule has 116 valence electrons. The molecule has 2 aromatic carbocycles. The molecule has 0 heterocycles. The molecule has 3 atom stereocenters. The second kappa shape index (κ2) is 6.53. The Balaban J connectivity index is 1.72. The molecule has 4 nitrogen and oxygen atoms in total. The number of carbonyl (C=O) groups is 1. The first kappa shape index (κ1) is 15.1. The van der Waals surface area contributed by atoms with Crippen molar-refractivity contribution < 1.29 is 14.3 Å². The SMILES string of the molecule is CC1C[C@H]1C(=O)O[C@H](C#N)c1cccc(Oc2ccccc2)c1. The zero-order valence-electron chi connectivity index (χ0n) is 12.8. The predicted molar refractivity (Wildman–Crippen MR) is 84.7 cm³/mol. The molecule has 0 N–H and O–H groups in total. The lowest BCUT2D eigenvalue weighted by molar-refractivity contribution is -0.148. The highest BCUT2D eigenvalue weighted by Gasteiger charge is 2.41. The number of benzene rings is 2. The maximum atomic E-state index is 11.9. The third-order valence-electron chi connectivity index (χ3n) is 3.90. The molecule has 1 unspecified atom stereocenters. The fraction of sp³-hybridized carbons (Fsp3) is 0.263. The van der Waals surface area contributed by atoms with Gasteiger partial charge >= 0.3 is 5.97 Å². The quantitative estimate of drug-likeness (QED) is 0.775. The van der Waals surface area contributed by atoms with E-state index in [2.05, 4.69) is 0 Å². The van der Waals surface area contributed by atoms with Crippen molar-refractivity contribution in [3.05, 3.63) is 60.2 Å². The topological polar surface area (TPSA) is 59.3 Å². The Labute approximate surface area is 135 Å². The van der Waals surface area contributed by atoms with Gasteiger partial charge in [0.1, 0.15) is 17.6 Å². The molecule has 0 aliphatic heterocycles. The maximum Gasteiger partial charge on any atom is 0.310 e. The van der Waals surface area contributed by atoms with Crippen LogP contribution in [0.4, 0.5) is 0 Å². The van der Waals surface area contributed by atoms with Crippen LogP contribution in [0.15, 0.2) is 54.6 Å². The monoisotopic (exact) mass is 307 g/mol. The molecule has 0 saturated heterocycles. The van der Waals surface area contributed by atoms with E-state index in [1.165, 1.54) is 0 Å². The van der Waals surface area contributed by atoms with E-state index in [0.29, 0.717) is 23.0 Å². The number of para-hydroxylation sites is 1. The van der Waals surface area contributed by atoms with E-state index in [9.17, 15) is 10.1 Å².